The van der Waals surface area contributed by atoms with E-state index in [1.807, 2.05) is 0 Å². The van der Waals surface area contributed by atoms with Crippen molar-refractivity contribution in [2.45, 2.75) is 6.10 Å². The molecule has 0 amide bonds. The third-order valence-corrected chi connectivity index (χ3v) is 3.34. The average molecular weight is 285 g/mol. The van der Waals surface area contributed by atoms with E-state index in [-0.39, 0.29) is 0 Å². The quantitative estimate of drug-likeness (QED) is 0.792. The summed E-state index contributed by atoms with van der Waals surface area (Å²) in [6.07, 6.45) is 5.84. The van der Waals surface area contributed by atoms with E-state index in [0.717, 1.165) is 5.52 Å². The van der Waals surface area contributed by atoms with Crippen molar-refractivity contribution < 1.29 is 14.6 Å². The standard InChI is InChI=1S/C15H15N3O3/c1-20-11-5-10(6-12(7-11)21-2)15(19)13-8-17-18-4-3-16-9-14(13)18/h3-9,15,19H,1-2H3. The van der Waals surface area contributed by atoms with Crippen LogP contribution >= 0.6 is 0 Å². The molecule has 3 rings (SSSR count). The van der Waals surface area contributed by atoms with Gasteiger partial charge in [-0.2, -0.15) is 5.10 Å². The Hall–Kier alpha value is -2.60. The molecule has 1 N–H and O–H groups in total. The topological polar surface area (TPSA) is 68.9 Å². The fourth-order valence-corrected chi connectivity index (χ4v) is 2.23. The van der Waals surface area contributed by atoms with Crippen LogP contribution in [0.25, 0.3) is 5.52 Å². The van der Waals surface area contributed by atoms with Crippen molar-refractivity contribution >= 4 is 5.52 Å². The highest BCUT2D eigenvalue weighted by Gasteiger charge is 2.17. The van der Waals surface area contributed by atoms with E-state index in [1.54, 1.807) is 61.7 Å². The van der Waals surface area contributed by atoms with E-state index >= 15 is 0 Å². The predicted octanol–water partition coefficient (Wildman–Crippen LogP) is 1.83. The van der Waals surface area contributed by atoms with Gasteiger partial charge in [0.1, 0.15) is 17.6 Å². The van der Waals surface area contributed by atoms with Crippen LogP contribution in [0.4, 0.5) is 0 Å². The Balaban J connectivity index is 2.07. The first kappa shape index (κ1) is 13.4. The minimum Gasteiger partial charge on any atom is -0.497 e. The number of hydrogen-bond acceptors (Lipinski definition) is 5. The summed E-state index contributed by atoms with van der Waals surface area (Å²) in [6.45, 7) is 0. The molecule has 6 nitrogen and oxygen atoms in total. The molecule has 1 aromatic carbocycles. The molecule has 2 aromatic heterocycles. The van der Waals surface area contributed by atoms with Gasteiger partial charge in [0.05, 0.1) is 32.1 Å². The van der Waals surface area contributed by atoms with Gasteiger partial charge in [0.2, 0.25) is 0 Å². The maximum absolute atomic E-state index is 10.6. The minimum atomic E-state index is -0.837. The fraction of sp³-hybridized carbons (Fsp3) is 0.200. The fourth-order valence-electron chi connectivity index (χ4n) is 2.23. The maximum atomic E-state index is 10.6. The van der Waals surface area contributed by atoms with Gasteiger partial charge in [-0.3, -0.25) is 4.98 Å². The van der Waals surface area contributed by atoms with Crippen LogP contribution in [0.2, 0.25) is 0 Å². The van der Waals surface area contributed by atoms with E-state index in [9.17, 15) is 5.11 Å². The first-order valence-electron chi connectivity index (χ1n) is 6.41. The number of benzene rings is 1. The zero-order chi connectivity index (χ0) is 14.8. The van der Waals surface area contributed by atoms with Gasteiger partial charge in [-0.25, -0.2) is 4.52 Å². The van der Waals surface area contributed by atoms with E-state index in [1.165, 1.54) is 0 Å². The molecule has 108 valence electrons. The number of hydrogen-bond donors (Lipinski definition) is 1. The number of aliphatic hydroxyl groups is 1. The van der Waals surface area contributed by atoms with Gasteiger partial charge in [0.15, 0.2) is 0 Å². The first-order chi connectivity index (χ1) is 10.2. The molecular formula is C15H15N3O3. The van der Waals surface area contributed by atoms with E-state index in [0.29, 0.717) is 22.6 Å². The second-order valence-corrected chi connectivity index (χ2v) is 4.55. The lowest BCUT2D eigenvalue weighted by atomic mass is 10.0. The summed E-state index contributed by atoms with van der Waals surface area (Å²) in [5.74, 6) is 1.25. The molecule has 0 aliphatic rings. The molecular weight excluding hydrogens is 270 g/mol. The largest absolute Gasteiger partial charge is 0.497 e. The van der Waals surface area contributed by atoms with Crippen molar-refractivity contribution in [1.82, 2.24) is 14.6 Å². The molecule has 6 heteroatoms. The molecule has 0 saturated carbocycles. The predicted molar refractivity (Wildman–Crippen MR) is 76.6 cm³/mol. The Morgan fingerprint density at radius 1 is 1.10 bits per heavy atom. The number of nitrogens with zero attached hydrogens (tertiary/aromatic N) is 3. The highest BCUT2D eigenvalue weighted by atomic mass is 16.5. The van der Waals surface area contributed by atoms with Crippen LogP contribution in [0.3, 0.4) is 0 Å². The minimum absolute atomic E-state index is 0.623. The molecule has 0 spiro atoms. The van der Waals surface area contributed by atoms with Gasteiger partial charge < -0.3 is 14.6 Å². The highest BCUT2D eigenvalue weighted by molar-refractivity contribution is 5.55. The summed E-state index contributed by atoms with van der Waals surface area (Å²) in [6, 6.07) is 5.30. The summed E-state index contributed by atoms with van der Waals surface area (Å²) in [7, 11) is 3.15. The van der Waals surface area contributed by atoms with E-state index in [2.05, 4.69) is 10.1 Å². The average Bonchev–Trinajstić information content (AvgIpc) is 2.97. The lowest BCUT2D eigenvalue weighted by Gasteiger charge is -2.13. The summed E-state index contributed by atoms with van der Waals surface area (Å²) in [4.78, 5) is 4.07. The molecule has 2 heterocycles. The zero-order valence-electron chi connectivity index (χ0n) is 11.7. The van der Waals surface area contributed by atoms with Crippen LogP contribution in [0.1, 0.15) is 17.2 Å². The van der Waals surface area contributed by atoms with Gasteiger partial charge in [-0.1, -0.05) is 0 Å². The number of ether oxygens (including phenoxy) is 2. The van der Waals surface area contributed by atoms with Crippen molar-refractivity contribution in [2.24, 2.45) is 0 Å². The number of methoxy groups -OCH3 is 2. The lowest BCUT2D eigenvalue weighted by Crippen LogP contribution is -2.01. The van der Waals surface area contributed by atoms with Gasteiger partial charge >= 0.3 is 0 Å². The monoisotopic (exact) mass is 285 g/mol. The Morgan fingerprint density at radius 2 is 1.81 bits per heavy atom. The summed E-state index contributed by atoms with van der Waals surface area (Å²) < 4.78 is 12.1. The highest BCUT2D eigenvalue weighted by Crippen LogP contribution is 2.31. The van der Waals surface area contributed by atoms with Gasteiger partial charge in [0, 0.05) is 24.0 Å². The van der Waals surface area contributed by atoms with Crippen molar-refractivity contribution in [1.29, 1.82) is 0 Å². The van der Waals surface area contributed by atoms with Crippen LogP contribution in [-0.4, -0.2) is 33.9 Å². The molecule has 0 fully saturated rings. The van der Waals surface area contributed by atoms with Crippen LogP contribution < -0.4 is 9.47 Å². The Kier molecular flexibility index (Phi) is 3.45. The molecule has 0 saturated heterocycles. The second-order valence-electron chi connectivity index (χ2n) is 4.55. The number of aromatic nitrogens is 3. The Labute approximate surface area is 121 Å². The van der Waals surface area contributed by atoms with Crippen LogP contribution in [-0.2, 0) is 0 Å². The number of fused-ring (bicyclic) bond motifs is 1. The molecule has 0 bridgehead atoms. The molecule has 0 aliphatic heterocycles. The smallest absolute Gasteiger partial charge is 0.122 e. The molecule has 21 heavy (non-hydrogen) atoms. The first-order valence-corrected chi connectivity index (χ1v) is 6.41. The van der Waals surface area contributed by atoms with Crippen LogP contribution in [0.15, 0.2) is 43.0 Å². The Bertz CT molecular complexity index is 747. The third kappa shape index (κ3) is 2.41. The van der Waals surface area contributed by atoms with Gasteiger partial charge in [0.25, 0.3) is 0 Å². The molecule has 3 aromatic rings. The zero-order valence-corrected chi connectivity index (χ0v) is 11.7. The van der Waals surface area contributed by atoms with Gasteiger partial charge in [-0.15, -0.1) is 0 Å². The summed E-state index contributed by atoms with van der Waals surface area (Å²) in [5, 5.41) is 14.8. The second kappa shape index (κ2) is 5.41. The number of rotatable bonds is 4. The van der Waals surface area contributed by atoms with Crippen molar-refractivity contribution in [2.75, 3.05) is 14.2 Å². The molecule has 0 aliphatic carbocycles. The molecule has 0 radical (unpaired) electrons. The van der Waals surface area contributed by atoms with Crippen LogP contribution in [0, 0.1) is 0 Å². The molecule has 1 unspecified atom stereocenters. The normalized spacial score (nSPS) is 12.3. The van der Waals surface area contributed by atoms with Gasteiger partial charge in [-0.05, 0) is 17.7 Å². The summed E-state index contributed by atoms with van der Waals surface area (Å²) >= 11 is 0. The number of aliphatic hydroxyl groups excluding tert-OH is 1. The third-order valence-electron chi connectivity index (χ3n) is 3.34. The van der Waals surface area contributed by atoms with Crippen molar-refractivity contribution in [3.63, 3.8) is 0 Å². The van der Waals surface area contributed by atoms with E-state index < -0.39 is 6.10 Å². The maximum Gasteiger partial charge on any atom is 0.122 e. The van der Waals surface area contributed by atoms with E-state index in [4.69, 9.17) is 9.47 Å². The van der Waals surface area contributed by atoms with Crippen LogP contribution in [0.5, 0.6) is 11.5 Å². The van der Waals surface area contributed by atoms with Crippen molar-refractivity contribution in [3.05, 3.63) is 54.1 Å². The SMILES string of the molecule is COc1cc(OC)cc(C(O)c2cnn3ccncc23)c1. The Morgan fingerprint density at radius 3 is 2.48 bits per heavy atom. The van der Waals surface area contributed by atoms with Crippen molar-refractivity contribution in [3.8, 4) is 11.5 Å². The lowest BCUT2D eigenvalue weighted by molar-refractivity contribution is 0.220. The summed E-state index contributed by atoms with van der Waals surface area (Å²) in [5.41, 5.74) is 2.11. The molecule has 1 atom stereocenters.